The molecule has 0 aliphatic heterocycles. The maximum Gasteiger partial charge on any atom is 0.0686 e. The highest BCUT2D eigenvalue weighted by Crippen LogP contribution is 2.47. The number of hydrogen-bond acceptors (Lipinski definition) is 1. The second-order valence-corrected chi connectivity index (χ2v) is 11.1. The molecule has 0 spiro atoms. The average molecular weight is 210 g/mol. The van der Waals surface area contributed by atoms with Crippen molar-refractivity contribution in [2.24, 2.45) is 11.8 Å². The molecule has 0 amide bonds. The highest BCUT2D eigenvalue weighted by Gasteiger charge is 2.41. The van der Waals surface area contributed by atoms with Crippen LogP contribution in [-0.2, 0) is 0 Å². The lowest BCUT2D eigenvalue weighted by Gasteiger charge is -2.19. The van der Waals surface area contributed by atoms with Gasteiger partial charge in [-0.15, -0.1) is 0 Å². The van der Waals surface area contributed by atoms with Crippen LogP contribution < -0.4 is 0 Å². The predicted molar refractivity (Wildman–Crippen MR) is 62.9 cm³/mol. The number of hydrogen-bond donors (Lipinski definition) is 1. The molecule has 0 aromatic heterocycles. The van der Waals surface area contributed by atoms with Crippen molar-refractivity contribution in [2.75, 3.05) is 0 Å². The minimum Gasteiger partial charge on any atom is -0.392 e. The second-order valence-electron chi connectivity index (χ2n) is 6.05. The molecule has 0 aromatic carbocycles. The van der Waals surface area contributed by atoms with Crippen LogP contribution >= 0.6 is 0 Å². The van der Waals surface area contributed by atoms with E-state index in [4.69, 9.17) is 0 Å². The monoisotopic (exact) mass is 210 g/mol. The normalized spacial score (nSPS) is 40.6. The maximum absolute atomic E-state index is 9.94. The molecule has 80 valence electrons. The number of rotatable bonds is 1. The number of aliphatic hydroxyl groups is 1. The van der Waals surface area contributed by atoms with Crippen molar-refractivity contribution in [1.29, 1.82) is 0 Å². The Morgan fingerprint density at radius 2 is 1.93 bits per heavy atom. The summed E-state index contributed by atoms with van der Waals surface area (Å²) in [7, 11) is -1.08. The fraction of sp³-hybridized carbons (Fsp3) is 0.833. The lowest BCUT2D eigenvalue weighted by atomic mass is 9.96. The van der Waals surface area contributed by atoms with Gasteiger partial charge in [-0.25, -0.2) is 0 Å². The molecular formula is C12H22OSi. The Hall–Kier alpha value is -0.0831. The summed E-state index contributed by atoms with van der Waals surface area (Å²) in [6.45, 7) is 7.15. The number of aliphatic hydroxyl groups excluding tert-OH is 1. The highest BCUT2D eigenvalue weighted by atomic mass is 28.3. The zero-order valence-electron chi connectivity index (χ0n) is 9.59. The van der Waals surface area contributed by atoms with Gasteiger partial charge >= 0.3 is 0 Å². The third kappa shape index (κ3) is 1.96. The molecule has 0 radical (unpaired) electrons. The molecule has 3 atom stereocenters. The van der Waals surface area contributed by atoms with Gasteiger partial charge in [-0.1, -0.05) is 30.9 Å². The van der Waals surface area contributed by atoms with Gasteiger partial charge < -0.3 is 5.11 Å². The molecule has 0 bridgehead atoms. The van der Waals surface area contributed by atoms with Crippen molar-refractivity contribution in [3.63, 3.8) is 0 Å². The van der Waals surface area contributed by atoms with Crippen LogP contribution in [0.3, 0.4) is 0 Å². The van der Waals surface area contributed by atoms with E-state index in [9.17, 15) is 5.11 Å². The molecule has 0 unspecified atom stereocenters. The van der Waals surface area contributed by atoms with Crippen molar-refractivity contribution < 1.29 is 5.11 Å². The summed E-state index contributed by atoms with van der Waals surface area (Å²) in [5, 5.41) is 9.94. The SMILES string of the molecule is C[Si](C)(C)/C=C1\CC[C@H]2CC[C@@H](O)[C@@H]12. The standard InChI is InChI=1S/C12H22OSi/c1-14(2,3)8-10-5-4-9-6-7-11(13)12(9)10/h8-9,11-13H,4-7H2,1-3H3/b10-8+/t9-,11+,12+/m0/s1. The van der Waals surface area contributed by atoms with Crippen LogP contribution in [0.25, 0.3) is 0 Å². The second kappa shape index (κ2) is 3.49. The first-order valence-corrected chi connectivity index (χ1v) is 9.45. The zero-order valence-corrected chi connectivity index (χ0v) is 10.6. The van der Waals surface area contributed by atoms with Gasteiger partial charge in [0.1, 0.15) is 0 Å². The quantitative estimate of drug-likeness (QED) is 0.660. The van der Waals surface area contributed by atoms with Gasteiger partial charge in [-0.3, -0.25) is 0 Å². The smallest absolute Gasteiger partial charge is 0.0686 e. The highest BCUT2D eigenvalue weighted by molar-refractivity contribution is 6.81. The first-order chi connectivity index (χ1) is 6.47. The Balaban J connectivity index is 2.18. The lowest BCUT2D eigenvalue weighted by Crippen LogP contribution is -2.21. The van der Waals surface area contributed by atoms with Crippen molar-refractivity contribution in [1.82, 2.24) is 0 Å². The van der Waals surface area contributed by atoms with Crippen LogP contribution in [0.1, 0.15) is 25.7 Å². The van der Waals surface area contributed by atoms with Crippen molar-refractivity contribution in [3.8, 4) is 0 Å². The van der Waals surface area contributed by atoms with Crippen LogP contribution in [0, 0.1) is 11.8 Å². The Morgan fingerprint density at radius 1 is 1.21 bits per heavy atom. The van der Waals surface area contributed by atoms with Crippen LogP contribution in [0.5, 0.6) is 0 Å². The van der Waals surface area contributed by atoms with E-state index in [2.05, 4.69) is 25.3 Å². The van der Waals surface area contributed by atoms with Crippen molar-refractivity contribution in [3.05, 3.63) is 11.3 Å². The number of fused-ring (bicyclic) bond motifs is 1. The summed E-state index contributed by atoms with van der Waals surface area (Å²) in [4.78, 5) is 0. The third-order valence-corrected chi connectivity index (χ3v) is 4.84. The minimum absolute atomic E-state index is 0.0231. The summed E-state index contributed by atoms with van der Waals surface area (Å²) in [6, 6.07) is 0. The van der Waals surface area contributed by atoms with Gasteiger partial charge in [0, 0.05) is 5.92 Å². The zero-order chi connectivity index (χ0) is 10.3. The first kappa shape index (κ1) is 10.4. The molecule has 2 heteroatoms. The Morgan fingerprint density at radius 3 is 2.57 bits per heavy atom. The maximum atomic E-state index is 9.94. The van der Waals surface area contributed by atoms with Gasteiger partial charge in [-0.05, 0) is 31.6 Å². The molecule has 2 saturated carbocycles. The third-order valence-electron chi connectivity index (χ3n) is 3.61. The van der Waals surface area contributed by atoms with Crippen molar-refractivity contribution in [2.45, 2.75) is 51.4 Å². The van der Waals surface area contributed by atoms with Gasteiger partial charge in [0.25, 0.3) is 0 Å². The molecule has 0 aromatic rings. The minimum atomic E-state index is -1.08. The molecule has 2 aliphatic rings. The largest absolute Gasteiger partial charge is 0.392 e. The fourth-order valence-corrected chi connectivity index (χ4v) is 4.62. The van der Waals surface area contributed by atoms with Crippen LogP contribution in [-0.4, -0.2) is 19.3 Å². The fourth-order valence-electron chi connectivity index (χ4n) is 3.18. The molecule has 1 nitrogen and oxygen atoms in total. The Labute approximate surface area is 88.2 Å². The topological polar surface area (TPSA) is 20.2 Å². The van der Waals surface area contributed by atoms with Gasteiger partial charge in [0.2, 0.25) is 0 Å². The van der Waals surface area contributed by atoms with Crippen LogP contribution in [0.15, 0.2) is 11.3 Å². The summed E-state index contributed by atoms with van der Waals surface area (Å²) >= 11 is 0. The average Bonchev–Trinajstić information content (AvgIpc) is 2.54. The molecule has 0 saturated heterocycles. The summed E-state index contributed by atoms with van der Waals surface area (Å²) < 4.78 is 0. The van der Waals surface area contributed by atoms with E-state index in [0.717, 1.165) is 12.3 Å². The molecule has 0 heterocycles. The van der Waals surface area contributed by atoms with Gasteiger partial charge in [0.15, 0.2) is 0 Å². The molecule has 2 aliphatic carbocycles. The van der Waals surface area contributed by atoms with Crippen molar-refractivity contribution >= 4 is 8.07 Å². The van der Waals surface area contributed by atoms with E-state index >= 15 is 0 Å². The lowest BCUT2D eigenvalue weighted by molar-refractivity contribution is 0.143. The predicted octanol–water partition coefficient (Wildman–Crippen LogP) is 2.97. The first-order valence-electron chi connectivity index (χ1n) is 5.87. The van der Waals surface area contributed by atoms with Crippen LogP contribution in [0.2, 0.25) is 19.6 Å². The Kier molecular flexibility index (Phi) is 2.60. The van der Waals surface area contributed by atoms with E-state index < -0.39 is 8.07 Å². The van der Waals surface area contributed by atoms with E-state index in [1.807, 2.05) is 0 Å². The van der Waals surface area contributed by atoms with Gasteiger partial charge in [-0.2, -0.15) is 0 Å². The van der Waals surface area contributed by atoms with Crippen LogP contribution in [0.4, 0.5) is 0 Å². The van der Waals surface area contributed by atoms with E-state index in [-0.39, 0.29) is 6.10 Å². The van der Waals surface area contributed by atoms with E-state index in [1.165, 1.54) is 19.3 Å². The molecule has 2 rings (SSSR count). The molecular weight excluding hydrogens is 188 g/mol. The van der Waals surface area contributed by atoms with Gasteiger partial charge in [0.05, 0.1) is 14.2 Å². The summed E-state index contributed by atoms with van der Waals surface area (Å²) in [6.07, 6.45) is 4.87. The van der Waals surface area contributed by atoms with E-state index in [1.54, 1.807) is 5.57 Å². The summed E-state index contributed by atoms with van der Waals surface area (Å²) in [5.74, 6) is 1.36. The summed E-state index contributed by atoms with van der Waals surface area (Å²) in [5.41, 5.74) is 4.13. The molecule has 2 fully saturated rings. The van der Waals surface area contributed by atoms with E-state index in [0.29, 0.717) is 5.92 Å². The Bertz CT molecular complexity index is 252. The molecule has 1 N–H and O–H groups in total. The molecule has 14 heavy (non-hydrogen) atoms.